The number of benzene rings is 2. The fraction of sp³-hybridized carbons (Fsp3) is 0.348. The standard InChI is InChI=1S/C23H25N3O3/c1-14(2)26-12-18-10-17(6-8-20(18)22(26)28)19-7-5-16(9-15(19)3)11-25-13-21(27)24(4)23(25)29/h5-10,14H,11-13H2,1-4H3. The third kappa shape index (κ3) is 3.28. The van der Waals surface area contributed by atoms with Gasteiger partial charge in [-0.2, -0.15) is 0 Å². The molecule has 1 saturated heterocycles. The van der Waals surface area contributed by atoms with Crippen molar-refractivity contribution in [3.05, 3.63) is 58.7 Å². The van der Waals surface area contributed by atoms with E-state index in [9.17, 15) is 14.4 Å². The molecule has 0 radical (unpaired) electrons. The van der Waals surface area contributed by atoms with Crippen LogP contribution in [-0.2, 0) is 17.9 Å². The van der Waals surface area contributed by atoms with Gasteiger partial charge in [-0.3, -0.25) is 14.5 Å². The number of hydrogen-bond acceptors (Lipinski definition) is 3. The highest BCUT2D eigenvalue weighted by Gasteiger charge is 2.33. The van der Waals surface area contributed by atoms with E-state index >= 15 is 0 Å². The van der Waals surface area contributed by atoms with Gasteiger partial charge in [0.05, 0.1) is 0 Å². The van der Waals surface area contributed by atoms with Crippen LogP contribution in [0.25, 0.3) is 11.1 Å². The summed E-state index contributed by atoms with van der Waals surface area (Å²) in [4.78, 5) is 40.9. The minimum Gasteiger partial charge on any atom is -0.332 e. The van der Waals surface area contributed by atoms with Crippen LogP contribution in [0, 0.1) is 6.92 Å². The van der Waals surface area contributed by atoms with Gasteiger partial charge >= 0.3 is 6.03 Å². The molecule has 0 atom stereocenters. The van der Waals surface area contributed by atoms with Crippen LogP contribution in [0.3, 0.4) is 0 Å². The molecule has 0 aliphatic carbocycles. The number of carbonyl (C=O) groups excluding carboxylic acids is 3. The minimum atomic E-state index is -0.255. The molecule has 0 bridgehead atoms. The van der Waals surface area contributed by atoms with E-state index < -0.39 is 0 Å². The number of imide groups is 1. The number of fused-ring (bicyclic) bond motifs is 1. The van der Waals surface area contributed by atoms with Gasteiger partial charge in [0.1, 0.15) is 6.54 Å². The highest BCUT2D eigenvalue weighted by molar-refractivity contribution is 6.01. The van der Waals surface area contributed by atoms with Gasteiger partial charge in [0.15, 0.2) is 0 Å². The number of rotatable bonds is 4. The fourth-order valence-corrected chi connectivity index (χ4v) is 4.08. The Kier molecular flexibility index (Phi) is 4.65. The van der Waals surface area contributed by atoms with Crippen molar-refractivity contribution in [3.8, 4) is 11.1 Å². The van der Waals surface area contributed by atoms with Crippen LogP contribution in [0.5, 0.6) is 0 Å². The number of likely N-dealkylation sites (N-methyl/N-ethyl adjacent to an activating group) is 1. The van der Waals surface area contributed by atoms with Crippen molar-refractivity contribution in [3.63, 3.8) is 0 Å². The molecule has 29 heavy (non-hydrogen) atoms. The maximum atomic E-state index is 12.5. The lowest BCUT2D eigenvalue weighted by Crippen LogP contribution is -2.30. The van der Waals surface area contributed by atoms with E-state index in [1.54, 1.807) is 4.90 Å². The van der Waals surface area contributed by atoms with Gasteiger partial charge in [-0.25, -0.2) is 4.79 Å². The number of urea groups is 1. The quantitative estimate of drug-likeness (QED) is 0.751. The van der Waals surface area contributed by atoms with Crippen LogP contribution >= 0.6 is 0 Å². The Morgan fingerprint density at radius 3 is 2.31 bits per heavy atom. The van der Waals surface area contributed by atoms with Gasteiger partial charge < -0.3 is 9.80 Å². The molecule has 2 heterocycles. The molecule has 0 spiro atoms. The molecule has 0 N–H and O–H groups in total. The highest BCUT2D eigenvalue weighted by Crippen LogP contribution is 2.31. The van der Waals surface area contributed by atoms with Crippen molar-refractivity contribution in [2.45, 2.75) is 39.9 Å². The van der Waals surface area contributed by atoms with Crippen LogP contribution < -0.4 is 0 Å². The average molecular weight is 391 g/mol. The van der Waals surface area contributed by atoms with E-state index in [0.29, 0.717) is 13.1 Å². The van der Waals surface area contributed by atoms with Gasteiger partial charge in [0.2, 0.25) is 5.91 Å². The van der Waals surface area contributed by atoms with Crippen molar-refractivity contribution in [2.75, 3.05) is 13.6 Å². The molecule has 6 nitrogen and oxygen atoms in total. The van der Waals surface area contributed by atoms with Crippen molar-refractivity contribution in [1.82, 2.24) is 14.7 Å². The zero-order chi connectivity index (χ0) is 20.9. The predicted octanol–water partition coefficient (Wildman–Crippen LogP) is 3.42. The Hall–Kier alpha value is -3.15. The molecule has 4 rings (SSSR count). The first-order valence-electron chi connectivity index (χ1n) is 9.85. The zero-order valence-electron chi connectivity index (χ0n) is 17.2. The molecular formula is C23H25N3O3. The van der Waals surface area contributed by atoms with Gasteiger partial charge in [-0.15, -0.1) is 0 Å². The molecule has 2 aliphatic heterocycles. The second-order valence-corrected chi connectivity index (χ2v) is 8.14. The summed E-state index contributed by atoms with van der Waals surface area (Å²) in [5.41, 5.74) is 6.13. The molecular weight excluding hydrogens is 366 g/mol. The van der Waals surface area contributed by atoms with E-state index in [0.717, 1.165) is 38.3 Å². The first kappa shape index (κ1) is 19.2. The molecule has 0 saturated carbocycles. The number of nitrogens with zero attached hydrogens (tertiary/aromatic N) is 3. The van der Waals surface area contributed by atoms with Crippen LogP contribution in [0.4, 0.5) is 4.79 Å². The Labute approximate surface area is 170 Å². The van der Waals surface area contributed by atoms with E-state index in [1.165, 1.54) is 7.05 Å². The van der Waals surface area contributed by atoms with Crippen LogP contribution in [0.1, 0.15) is 40.9 Å². The number of aryl methyl sites for hydroxylation is 1. The van der Waals surface area contributed by atoms with Gasteiger partial charge in [0.25, 0.3) is 5.91 Å². The Bertz CT molecular complexity index is 1030. The number of hydrogen-bond donors (Lipinski definition) is 0. The molecule has 150 valence electrons. The van der Waals surface area contributed by atoms with E-state index in [1.807, 2.05) is 43.9 Å². The lowest BCUT2D eigenvalue weighted by Gasteiger charge is -2.19. The summed E-state index contributed by atoms with van der Waals surface area (Å²) in [7, 11) is 1.51. The summed E-state index contributed by atoms with van der Waals surface area (Å²) in [5.74, 6) is -0.0742. The van der Waals surface area contributed by atoms with Gasteiger partial charge in [-0.05, 0) is 60.7 Å². The van der Waals surface area contributed by atoms with Crippen molar-refractivity contribution >= 4 is 17.8 Å². The van der Waals surface area contributed by atoms with Gasteiger partial charge in [-0.1, -0.05) is 24.3 Å². The van der Waals surface area contributed by atoms with Crippen LogP contribution in [0.15, 0.2) is 36.4 Å². The molecule has 2 aromatic rings. The van der Waals surface area contributed by atoms with Crippen molar-refractivity contribution in [2.24, 2.45) is 0 Å². The summed E-state index contributed by atoms with van der Waals surface area (Å²) in [5, 5.41) is 0. The monoisotopic (exact) mass is 391 g/mol. The minimum absolute atomic E-state index is 0.100. The summed E-state index contributed by atoms with van der Waals surface area (Å²) in [6.07, 6.45) is 0. The second-order valence-electron chi connectivity index (χ2n) is 8.14. The third-order valence-electron chi connectivity index (χ3n) is 5.79. The first-order valence-corrected chi connectivity index (χ1v) is 9.85. The number of carbonyl (C=O) groups is 3. The number of amides is 4. The largest absolute Gasteiger partial charge is 0.332 e. The predicted molar refractivity (Wildman–Crippen MR) is 110 cm³/mol. The molecule has 0 unspecified atom stereocenters. The summed E-state index contributed by atoms with van der Waals surface area (Å²) < 4.78 is 0. The zero-order valence-corrected chi connectivity index (χ0v) is 17.2. The van der Waals surface area contributed by atoms with Crippen LogP contribution in [0.2, 0.25) is 0 Å². The van der Waals surface area contributed by atoms with Gasteiger partial charge in [0, 0.05) is 31.7 Å². The molecule has 2 aromatic carbocycles. The summed E-state index contributed by atoms with van der Waals surface area (Å²) in [6, 6.07) is 12.1. The fourth-order valence-electron chi connectivity index (χ4n) is 4.08. The van der Waals surface area contributed by atoms with E-state index in [4.69, 9.17) is 0 Å². The Balaban J connectivity index is 1.57. The van der Waals surface area contributed by atoms with Crippen LogP contribution in [-0.4, -0.2) is 52.2 Å². The molecule has 6 heteroatoms. The Morgan fingerprint density at radius 2 is 1.69 bits per heavy atom. The first-order chi connectivity index (χ1) is 13.8. The van der Waals surface area contributed by atoms with Crippen molar-refractivity contribution in [1.29, 1.82) is 0 Å². The maximum absolute atomic E-state index is 12.5. The lowest BCUT2D eigenvalue weighted by molar-refractivity contribution is -0.124. The maximum Gasteiger partial charge on any atom is 0.327 e. The van der Waals surface area contributed by atoms with Crippen molar-refractivity contribution < 1.29 is 14.4 Å². The lowest BCUT2D eigenvalue weighted by atomic mass is 9.95. The molecule has 2 aliphatic rings. The van der Waals surface area contributed by atoms with E-state index in [2.05, 4.69) is 18.2 Å². The average Bonchev–Trinajstić information content (AvgIpc) is 3.13. The summed E-state index contributed by atoms with van der Waals surface area (Å²) in [6.45, 7) is 7.30. The van der Waals surface area contributed by atoms with E-state index in [-0.39, 0.29) is 30.4 Å². The summed E-state index contributed by atoms with van der Waals surface area (Å²) >= 11 is 0. The topological polar surface area (TPSA) is 60.9 Å². The molecule has 1 fully saturated rings. The molecule has 0 aromatic heterocycles. The second kappa shape index (κ2) is 7.03. The highest BCUT2D eigenvalue weighted by atomic mass is 16.2. The third-order valence-corrected chi connectivity index (χ3v) is 5.79. The SMILES string of the molecule is Cc1cc(CN2CC(=O)N(C)C2=O)ccc1-c1ccc2c(c1)CN(C(C)C)C2=O. The Morgan fingerprint density at radius 1 is 0.966 bits per heavy atom. The smallest absolute Gasteiger partial charge is 0.327 e. The molecule has 4 amide bonds. The normalized spacial score (nSPS) is 16.4.